The Bertz CT molecular complexity index is 1450. The van der Waals surface area contributed by atoms with Gasteiger partial charge in [-0.15, -0.1) is 0 Å². The monoisotopic (exact) mass is 475 g/mol. The molecule has 36 heavy (non-hydrogen) atoms. The molecule has 1 aromatic heterocycles. The van der Waals surface area contributed by atoms with Crippen LogP contribution in [0, 0.1) is 6.57 Å². The summed E-state index contributed by atoms with van der Waals surface area (Å²) in [5, 5.41) is 0. The van der Waals surface area contributed by atoms with E-state index >= 15 is 0 Å². The van der Waals surface area contributed by atoms with Crippen LogP contribution >= 0.6 is 0 Å². The molecule has 0 N–H and O–H groups in total. The molecule has 3 aromatic carbocycles. The van der Waals surface area contributed by atoms with Crippen LogP contribution in [0.5, 0.6) is 11.5 Å². The van der Waals surface area contributed by atoms with E-state index in [1.54, 1.807) is 24.7 Å². The van der Waals surface area contributed by atoms with Crippen molar-refractivity contribution in [2.45, 2.75) is 19.0 Å². The molecule has 0 radical (unpaired) electrons. The molecule has 7 heteroatoms. The Kier molecular flexibility index (Phi) is 5.62. The topological polar surface area (TPSA) is 55.0 Å². The average Bonchev–Trinajstić information content (AvgIpc) is 3.39. The Balaban J connectivity index is 1.31. The minimum absolute atomic E-state index is 0.0107. The first-order valence-corrected chi connectivity index (χ1v) is 12.1. The Morgan fingerprint density at radius 2 is 1.78 bits per heavy atom. The minimum atomic E-state index is -0.0131. The van der Waals surface area contributed by atoms with E-state index in [0.29, 0.717) is 30.9 Å². The van der Waals surface area contributed by atoms with Crippen molar-refractivity contribution in [3.63, 3.8) is 0 Å². The van der Waals surface area contributed by atoms with Crippen molar-refractivity contribution in [2.75, 3.05) is 24.5 Å². The van der Waals surface area contributed by atoms with Crippen LogP contribution in [-0.2, 0) is 13.0 Å². The molecule has 6 rings (SSSR count). The van der Waals surface area contributed by atoms with Crippen molar-refractivity contribution < 1.29 is 9.53 Å². The number of rotatable bonds is 3. The first-order valence-electron chi connectivity index (χ1n) is 12.1. The van der Waals surface area contributed by atoms with Gasteiger partial charge in [0.2, 0.25) is 0 Å². The molecule has 1 amide bonds. The first kappa shape index (κ1) is 21.9. The van der Waals surface area contributed by atoms with E-state index in [9.17, 15) is 4.79 Å². The summed E-state index contributed by atoms with van der Waals surface area (Å²) in [6.45, 7) is 9.74. The van der Waals surface area contributed by atoms with E-state index < -0.39 is 0 Å². The molecule has 1 atom stereocenters. The number of aromatic nitrogens is 2. The molecule has 1 unspecified atom stereocenters. The maximum atomic E-state index is 13.9. The number of carbonyl (C=O) groups is 1. The molecule has 2 bridgehead atoms. The SMILES string of the molecule is [C-]#[N+]c1ccc(Cn2cncc2C(=O)N2CCN3CC2Cc2ccccc2Oc2ccccc23)cc1. The number of para-hydroxylation sites is 3. The van der Waals surface area contributed by atoms with Gasteiger partial charge in [0.25, 0.3) is 5.91 Å². The summed E-state index contributed by atoms with van der Waals surface area (Å²) in [5.41, 5.74) is 4.34. The number of hydrogen-bond donors (Lipinski definition) is 0. The number of fused-ring (bicyclic) bond motifs is 5. The standard InChI is InChI=1S/C29H25N5O2/c1-30-23-12-10-21(11-13-23)18-33-20-31-17-26(33)29(35)34-15-14-32-19-24(34)16-22-6-2-4-8-27(22)36-28-9-5-3-7-25(28)32/h2-13,17,20,24H,14-16,18-19H2. The predicted octanol–water partition coefficient (Wildman–Crippen LogP) is 5.16. The number of hydrogen-bond acceptors (Lipinski definition) is 4. The molecule has 1 saturated heterocycles. The van der Waals surface area contributed by atoms with Gasteiger partial charge in [0.15, 0.2) is 11.4 Å². The van der Waals surface area contributed by atoms with Crippen molar-refractivity contribution in [3.05, 3.63) is 114 Å². The van der Waals surface area contributed by atoms with Crippen LogP contribution in [0.2, 0.25) is 0 Å². The zero-order valence-electron chi connectivity index (χ0n) is 19.7. The predicted molar refractivity (Wildman–Crippen MR) is 138 cm³/mol. The van der Waals surface area contributed by atoms with Gasteiger partial charge in [-0.2, -0.15) is 0 Å². The lowest BCUT2D eigenvalue weighted by Gasteiger charge is -2.42. The molecule has 3 heterocycles. The maximum absolute atomic E-state index is 13.9. The van der Waals surface area contributed by atoms with E-state index in [2.05, 4.69) is 26.9 Å². The summed E-state index contributed by atoms with van der Waals surface area (Å²) in [6, 6.07) is 23.6. The van der Waals surface area contributed by atoms with Crippen molar-refractivity contribution >= 4 is 17.3 Å². The third kappa shape index (κ3) is 4.07. The van der Waals surface area contributed by atoms with Crippen molar-refractivity contribution in [1.82, 2.24) is 14.5 Å². The van der Waals surface area contributed by atoms with Crippen LogP contribution in [0.25, 0.3) is 4.85 Å². The zero-order valence-corrected chi connectivity index (χ0v) is 19.7. The summed E-state index contributed by atoms with van der Waals surface area (Å²) in [6.07, 6.45) is 4.07. The van der Waals surface area contributed by atoms with Gasteiger partial charge < -0.3 is 19.1 Å². The maximum Gasteiger partial charge on any atom is 0.272 e. The number of nitrogens with zero attached hydrogens (tertiary/aromatic N) is 5. The molecule has 7 nitrogen and oxygen atoms in total. The lowest BCUT2D eigenvalue weighted by atomic mass is 10.0. The fourth-order valence-electron chi connectivity index (χ4n) is 5.11. The molecule has 0 spiro atoms. The quantitative estimate of drug-likeness (QED) is 0.384. The molecular weight excluding hydrogens is 450 g/mol. The number of ether oxygens (including phenoxy) is 1. The van der Waals surface area contributed by atoms with Crippen molar-refractivity contribution in [2.24, 2.45) is 0 Å². The Morgan fingerprint density at radius 1 is 1.00 bits per heavy atom. The number of benzene rings is 3. The second-order valence-corrected chi connectivity index (χ2v) is 9.17. The van der Waals surface area contributed by atoms with E-state index in [4.69, 9.17) is 11.3 Å². The highest BCUT2D eigenvalue weighted by atomic mass is 16.5. The Labute approximate surface area is 210 Å². The average molecular weight is 476 g/mol. The highest BCUT2D eigenvalue weighted by Gasteiger charge is 2.35. The number of amides is 1. The summed E-state index contributed by atoms with van der Waals surface area (Å²) in [7, 11) is 0. The highest BCUT2D eigenvalue weighted by molar-refractivity contribution is 5.93. The number of carbonyl (C=O) groups excluding carboxylic acids is 1. The molecule has 4 aromatic rings. The Morgan fingerprint density at radius 3 is 2.61 bits per heavy atom. The van der Waals surface area contributed by atoms with Gasteiger partial charge in [-0.25, -0.2) is 9.83 Å². The summed E-state index contributed by atoms with van der Waals surface area (Å²) >= 11 is 0. The summed E-state index contributed by atoms with van der Waals surface area (Å²) < 4.78 is 8.25. The van der Waals surface area contributed by atoms with Gasteiger partial charge in [-0.1, -0.05) is 54.6 Å². The minimum Gasteiger partial charge on any atom is -0.455 e. The second kappa shape index (κ2) is 9.23. The highest BCUT2D eigenvalue weighted by Crippen LogP contribution is 2.37. The molecule has 2 aliphatic rings. The van der Waals surface area contributed by atoms with Gasteiger partial charge in [-0.05, 0) is 35.7 Å². The van der Waals surface area contributed by atoms with Gasteiger partial charge >= 0.3 is 0 Å². The lowest BCUT2D eigenvalue weighted by Crippen LogP contribution is -2.56. The van der Waals surface area contributed by atoms with Crippen LogP contribution in [0.4, 0.5) is 11.4 Å². The van der Waals surface area contributed by atoms with Crippen LogP contribution in [0.3, 0.4) is 0 Å². The van der Waals surface area contributed by atoms with E-state index in [1.165, 1.54) is 0 Å². The second-order valence-electron chi connectivity index (χ2n) is 9.17. The third-order valence-corrected chi connectivity index (χ3v) is 6.95. The van der Waals surface area contributed by atoms with Gasteiger partial charge in [0.1, 0.15) is 11.4 Å². The molecule has 2 aliphatic heterocycles. The largest absolute Gasteiger partial charge is 0.455 e. The van der Waals surface area contributed by atoms with Gasteiger partial charge in [0, 0.05) is 26.2 Å². The smallest absolute Gasteiger partial charge is 0.272 e. The van der Waals surface area contributed by atoms with Crippen LogP contribution in [-0.4, -0.2) is 46.0 Å². The Hall–Kier alpha value is -4.57. The molecule has 0 saturated carbocycles. The van der Waals surface area contributed by atoms with Gasteiger partial charge in [-0.3, -0.25) is 4.79 Å². The lowest BCUT2D eigenvalue weighted by molar-refractivity contribution is 0.0646. The summed E-state index contributed by atoms with van der Waals surface area (Å²) in [5.74, 6) is 1.66. The molecule has 1 fully saturated rings. The molecular formula is C29H25N5O2. The number of imidazole rings is 1. The van der Waals surface area contributed by atoms with Gasteiger partial charge in [0.05, 0.1) is 30.8 Å². The van der Waals surface area contributed by atoms with Crippen molar-refractivity contribution in [1.29, 1.82) is 0 Å². The first-order chi connectivity index (χ1) is 17.7. The van der Waals surface area contributed by atoms with Crippen LogP contribution in [0.1, 0.15) is 21.6 Å². The summed E-state index contributed by atoms with van der Waals surface area (Å²) in [4.78, 5) is 26.0. The molecule has 178 valence electrons. The van der Waals surface area contributed by atoms with E-state index in [0.717, 1.165) is 41.4 Å². The third-order valence-electron chi connectivity index (χ3n) is 6.95. The van der Waals surface area contributed by atoms with E-state index in [1.807, 2.05) is 58.0 Å². The van der Waals surface area contributed by atoms with Crippen molar-refractivity contribution in [3.8, 4) is 11.5 Å². The molecule has 0 aliphatic carbocycles. The fourth-order valence-corrected chi connectivity index (χ4v) is 5.11. The number of anilines is 1. The van der Waals surface area contributed by atoms with Crippen LogP contribution < -0.4 is 9.64 Å². The fraction of sp³-hybridized carbons (Fsp3) is 0.207. The van der Waals surface area contributed by atoms with E-state index in [-0.39, 0.29) is 11.9 Å². The van der Waals surface area contributed by atoms with Crippen LogP contribution in [0.15, 0.2) is 85.3 Å². The zero-order chi connectivity index (χ0) is 24.5. The number of piperazine rings is 1. The normalized spacial score (nSPS) is 16.5.